The summed E-state index contributed by atoms with van der Waals surface area (Å²) in [6.07, 6.45) is 3.93. The summed E-state index contributed by atoms with van der Waals surface area (Å²) in [5.74, 6) is 0. The van der Waals surface area contributed by atoms with E-state index in [1.54, 1.807) is 0 Å². The number of fused-ring (bicyclic) bond motifs is 6. The molecule has 0 unspecified atom stereocenters. The van der Waals surface area contributed by atoms with Crippen LogP contribution in [0.5, 0.6) is 0 Å². The fourth-order valence-corrected chi connectivity index (χ4v) is 5.77. The molecule has 4 aromatic rings. The number of hydrogen-bond acceptors (Lipinski definition) is 2. The van der Waals surface area contributed by atoms with Gasteiger partial charge in [0, 0.05) is 34.9 Å². The standard InChI is InChI=1S/C29H32N4/c1-17-5-7-19-21-9-11-30-25(27(21)32-23(19)13-17)15-29(3,4)16-26-28-22(10-12-31-26)20-8-6-18(2)14-24(20)33-28/h5-8,13-14,32-33H,9-12,15-16H2,1-4H3. The van der Waals surface area contributed by atoms with Crippen LogP contribution < -0.4 is 0 Å². The van der Waals surface area contributed by atoms with Crippen LogP contribution in [0.3, 0.4) is 0 Å². The van der Waals surface area contributed by atoms with Crippen LogP contribution in [0.15, 0.2) is 46.4 Å². The van der Waals surface area contributed by atoms with Gasteiger partial charge in [0.2, 0.25) is 0 Å². The summed E-state index contributed by atoms with van der Waals surface area (Å²) < 4.78 is 0. The first-order valence-corrected chi connectivity index (χ1v) is 12.2. The molecule has 33 heavy (non-hydrogen) atoms. The van der Waals surface area contributed by atoms with Crippen molar-refractivity contribution in [2.24, 2.45) is 15.4 Å². The molecule has 4 heterocycles. The molecule has 6 rings (SSSR count). The van der Waals surface area contributed by atoms with Crippen molar-refractivity contribution in [3.05, 3.63) is 70.0 Å². The predicted molar refractivity (Wildman–Crippen MR) is 139 cm³/mol. The lowest BCUT2D eigenvalue weighted by Gasteiger charge is -2.28. The molecule has 0 spiro atoms. The van der Waals surface area contributed by atoms with Gasteiger partial charge in [0.25, 0.3) is 0 Å². The molecule has 0 amide bonds. The van der Waals surface area contributed by atoms with Crippen LogP contribution in [0, 0.1) is 19.3 Å². The summed E-state index contributed by atoms with van der Waals surface area (Å²) in [4.78, 5) is 17.4. The highest BCUT2D eigenvalue weighted by atomic mass is 14.9. The van der Waals surface area contributed by atoms with Crippen molar-refractivity contribution < 1.29 is 0 Å². The van der Waals surface area contributed by atoms with E-state index in [-0.39, 0.29) is 5.41 Å². The quantitative estimate of drug-likeness (QED) is 0.369. The number of benzene rings is 2. The number of nitrogens with one attached hydrogen (secondary N) is 2. The van der Waals surface area contributed by atoms with E-state index < -0.39 is 0 Å². The minimum Gasteiger partial charge on any atom is -0.353 e. The van der Waals surface area contributed by atoms with E-state index in [1.807, 2.05) is 0 Å². The van der Waals surface area contributed by atoms with Crippen LogP contribution in [0.4, 0.5) is 0 Å². The van der Waals surface area contributed by atoms with E-state index in [1.165, 1.54) is 66.9 Å². The molecule has 2 aromatic heterocycles. The van der Waals surface area contributed by atoms with Gasteiger partial charge < -0.3 is 9.97 Å². The molecule has 2 aliphatic heterocycles. The molecular formula is C29H32N4. The Morgan fingerprint density at radius 2 is 1.18 bits per heavy atom. The fraction of sp³-hybridized carbons (Fsp3) is 0.379. The SMILES string of the molecule is Cc1ccc2c3c([nH]c2c1)C(CC(C)(C)CC1=NCCc2c1[nH]c1cc(C)ccc21)=NCC3. The van der Waals surface area contributed by atoms with E-state index in [0.29, 0.717) is 0 Å². The Kier molecular flexibility index (Phi) is 4.62. The number of hydrogen-bond donors (Lipinski definition) is 2. The fourth-order valence-electron chi connectivity index (χ4n) is 5.77. The maximum Gasteiger partial charge on any atom is 0.0638 e. The van der Waals surface area contributed by atoms with Gasteiger partial charge in [-0.2, -0.15) is 0 Å². The summed E-state index contributed by atoms with van der Waals surface area (Å²) in [5, 5.41) is 2.71. The van der Waals surface area contributed by atoms with Crippen LogP contribution in [-0.2, 0) is 12.8 Å². The molecule has 2 aromatic carbocycles. The Hall–Kier alpha value is -3.14. The molecule has 4 nitrogen and oxygen atoms in total. The number of aliphatic imine (C=N–C) groups is 2. The third-order valence-corrected chi connectivity index (χ3v) is 7.32. The summed E-state index contributed by atoms with van der Waals surface area (Å²) in [7, 11) is 0. The summed E-state index contributed by atoms with van der Waals surface area (Å²) in [6.45, 7) is 10.8. The van der Waals surface area contributed by atoms with Gasteiger partial charge in [0.05, 0.1) is 22.8 Å². The maximum absolute atomic E-state index is 4.99. The predicted octanol–water partition coefficient (Wildman–Crippen LogP) is 6.46. The first-order chi connectivity index (χ1) is 15.9. The van der Waals surface area contributed by atoms with E-state index in [2.05, 4.69) is 74.1 Å². The molecule has 0 bridgehead atoms. The van der Waals surface area contributed by atoms with Gasteiger partial charge in [0.15, 0.2) is 0 Å². The molecule has 0 aliphatic carbocycles. The highest BCUT2D eigenvalue weighted by Crippen LogP contribution is 2.36. The summed E-state index contributed by atoms with van der Waals surface area (Å²) in [5.41, 5.74) is 12.9. The van der Waals surface area contributed by atoms with Crippen molar-refractivity contribution in [2.75, 3.05) is 13.1 Å². The van der Waals surface area contributed by atoms with Crippen molar-refractivity contribution in [3.63, 3.8) is 0 Å². The first-order valence-electron chi connectivity index (χ1n) is 12.2. The Morgan fingerprint density at radius 1 is 0.727 bits per heavy atom. The molecule has 0 atom stereocenters. The molecule has 2 aliphatic rings. The normalized spacial score (nSPS) is 16.0. The third-order valence-electron chi connectivity index (χ3n) is 7.32. The monoisotopic (exact) mass is 436 g/mol. The Balaban J connectivity index is 1.30. The number of rotatable bonds is 4. The van der Waals surface area contributed by atoms with Crippen LogP contribution in [0.25, 0.3) is 21.8 Å². The molecule has 0 saturated heterocycles. The van der Waals surface area contributed by atoms with Gasteiger partial charge in [-0.1, -0.05) is 38.1 Å². The molecule has 0 fully saturated rings. The van der Waals surface area contributed by atoms with Crippen molar-refractivity contribution >= 4 is 33.2 Å². The number of nitrogens with zero attached hydrogens (tertiary/aromatic N) is 2. The van der Waals surface area contributed by atoms with Crippen molar-refractivity contribution in [1.29, 1.82) is 0 Å². The zero-order chi connectivity index (χ0) is 22.7. The van der Waals surface area contributed by atoms with Crippen molar-refractivity contribution in [1.82, 2.24) is 9.97 Å². The number of H-pyrrole nitrogens is 2. The molecule has 168 valence electrons. The minimum absolute atomic E-state index is 0.0569. The summed E-state index contributed by atoms with van der Waals surface area (Å²) >= 11 is 0. The van der Waals surface area contributed by atoms with E-state index in [9.17, 15) is 0 Å². The first kappa shape index (κ1) is 20.5. The topological polar surface area (TPSA) is 56.3 Å². The molecule has 4 heteroatoms. The van der Waals surface area contributed by atoms with Gasteiger partial charge in [-0.25, -0.2) is 0 Å². The zero-order valence-corrected chi connectivity index (χ0v) is 20.1. The Labute approximate surface area is 195 Å². The molecular weight excluding hydrogens is 404 g/mol. The minimum atomic E-state index is 0.0569. The second-order valence-electron chi connectivity index (χ2n) is 10.7. The van der Waals surface area contributed by atoms with E-state index in [0.717, 1.165) is 38.8 Å². The lowest BCUT2D eigenvalue weighted by Crippen LogP contribution is -2.26. The Morgan fingerprint density at radius 3 is 1.64 bits per heavy atom. The van der Waals surface area contributed by atoms with Crippen LogP contribution in [-0.4, -0.2) is 34.5 Å². The number of aryl methyl sites for hydroxylation is 2. The second kappa shape index (κ2) is 7.44. The largest absolute Gasteiger partial charge is 0.353 e. The highest BCUT2D eigenvalue weighted by Gasteiger charge is 2.30. The van der Waals surface area contributed by atoms with Gasteiger partial charge in [-0.3, -0.25) is 9.98 Å². The van der Waals surface area contributed by atoms with Gasteiger partial charge in [-0.15, -0.1) is 0 Å². The van der Waals surface area contributed by atoms with Crippen molar-refractivity contribution in [3.8, 4) is 0 Å². The molecule has 0 radical (unpaired) electrons. The van der Waals surface area contributed by atoms with Gasteiger partial charge >= 0.3 is 0 Å². The lowest BCUT2D eigenvalue weighted by molar-refractivity contribution is 0.399. The molecule has 0 saturated carbocycles. The smallest absolute Gasteiger partial charge is 0.0638 e. The third kappa shape index (κ3) is 3.52. The summed E-state index contributed by atoms with van der Waals surface area (Å²) in [6, 6.07) is 13.5. The lowest BCUT2D eigenvalue weighted by atomic mass is 9.79. The average molecular weight is 437 g/mol. The Bertz CT molecular complexity index is 1350. The highest BCUT2D eigenvalue weighted by molar-refractivity contribution is 6.08. The van der Waals surface area contributed by atoms with Gasteiger partial charge in [-0.05, 0) is 79.3 Å². The van der Waals surface area contributed by atoms with E-state index >= 15 is 0 Å². The van der Waals surface area contributed by atoms with Crippen LogP contribution >= 0.6 is 0 Å². The second-order valence-corrected chi connectivity index (χ2v) is 10.7. The van der Waals surface area contributed by atoms with Gasteiger partial charge in [0.1, 0.15) is 0 Å². The molecule has 2 N–H and O–H groups in total. The zero-order valence-electron chi connectivity index (χ0n) is 20.1. The van der Waals surface area contributed by atoms with E-state index in [4.69, 9.17) is 9.98 Å². The maximum atomic E-state index is 4.99. The van der Waals surface area contributed by atoms with Crippen LogP contribution in [0.2, 0.25) is 0 Å². The number of aromatic nitrogens is 2. The average Bonchev–Trinajstić information content (AvgIpc) is 3.32. The van der Waals surface area contributed by atoms with Crippen LogP contribution in [0.1, 0.15) is 60.3 Å². The van der Waals surface area contributed by atoms with Crippen molar-refractivity contribution in [2.45, 2.75) is 53.4 Å². The number of aromatic amines is 2.